The van der Waals surface area contributed by atoms with Crippen LogP contribution < -0.4 is 4.74 Å². The minimum Gasteiger partial charge on any atom is -0.494 e. The molecule has 0 saturated carbocycles. The Bertz CT molecular complexity index is 1070. The van der Waals surface area contributed by atoms with E-state index in [-0.39, 0.29) is 0 Å². The molecule has 0 bridgehead atoms. The molecule has 1 aromatic heterocycles. The zero-order chi connectivity index (χ0) is 20.1. The molecule has 0 N–H and O–H groups in total. The number of ether oxygens (including phenoxy) is 1. The van der Waals surface area contributed by atoms with Crippen LogP contribution in [0.3, 0.4) is 0 Å². The van der Waals surface area contributed by atoms with Crippen molar-refractivity contribution in [3.05, 3.63) is 84.4 Å². The quantitative estimate of drug-likeness (QED) is 0.363. The van der Waals surface area contributed by atoms with Gasteiger partial charge in [0.2, 0.25) is 0 Å². The topological polar surface area (TPSA) is 39.9 Å². The molecular weight excluding hydrogens is 358 g/mol. The fraction of sp³-hybridized carbons (Fsp3) is 0.200. The summed E-state index contributed by atoms with van der Waals surface area (Å²) in [5, 5.41) is 9.09. The van der Waals surface area contributed by atoms with Crippen LogP contribution in [0.2, 0.25) is 0 Å². The Morgan fingerprint density at radius 1 is 0.793 bits per heavy atom. The van der Waals surface area contributed by atoms with E-state index in [2.05, 4.69) is 65.0 Å². The number of benzene rings is 3. The zero-order valence-corrected chi connectivity index (χ0v) is 16.9. The van der Waals surface area contributed by atoms with Gasteiger partial charge in [-0.15, -0.1) is 10.2 Å². The number of nitrogens with zero attached hydrogens (tertiary/aromatic N) is 3. The van der Waals surface area contributed by atoms with Crippen molar-refractivity contribution in [2.45, 2.75) is 26.7 Å². The molecule has 0 spiro atoms. The van der Waals surface area contributed by atoms with Crippen LogP contribution in [0.4, 0.5) is 0 Å². The Balaban J connectivity index is 1.76. The molecule has 146 valence electrons. The second-order valence-corrected chi connectivity index (χ2v) is 7.11. The predicted molar refractivity (Wildman–Crippen MR) is 117 cm³/mol. The molecule has 0 radical (unpaired) electrons. The molecule has 0 amide bonds. The van der Waals surface area contributed by atoms with Gasteiger partial charge in [0.1, 0.15) is 5.75 Å². The van der Waals surface area contributed by atoms with Gasteiger partial charge in [0.15, 0.2) is 11.6 Å². The van der Waals surface area contributed by atoms with E-state index in [0.29, 0.717) is 0 Å². The molecule has 0 atom stereocenters. The molecule has 4 nitrogen and oxygen atoms in total. The minimum absolute atomic E-state index is 0.744. The van der Waals surface area contributed by atoms with Gasteiger partial charge in [0.05, 0.1) is 6.61 Å². The summed E-state index contributed by atoms with van der Waals surface area (Å²) in [5.74, 6) is 2.53. The third-order valence-electron chi connectivity index (χ3n) is 4.83. The lowest BCUT2D eigenvalue weighted by Crippen LogP contribution is -2.00. The van der Waals surface area contributed by atoms with Gasteiger partial charge < -0.3 is 4.74 Å². The molecular formula is C25H25N3O. The first-order valence-electron chi connectivity index (χ1n) is 10.1. The van der Waals surface area contributed by atoms with Crippen LogP contribution in [0.25, 0.3) is 28.5 Å². The van der Waals surface area contributed by atoms with Gasteiger partial charge in [-0.05, 0) is 55.8 Å². The molecule has 29 heavy (non-hydrogen) atoms. The second-order valence-electron chi connectivity index (χ2n) is 7.11. The van der Waals surface area contributed by atoms with Crippen LogP contribution >= 0.6 is 0 Å². The molecule has 0 saturated heterocycles. The lowest BCUT2D eigenvalue weighted by Gasteiger charge is -2.12. The van der Waals surface area contributed by atoms with Crippen molar-refractivity contribution in [1.82, 2.24) is 14.8 Å². The minimum atomic E-state index is 0.744. The van der Waals surface area contributed by atoms with Crippen LogP contribution in [0, 0.1) is 6.92 Å². The highest BCUT2D eigenvalue weighted by molar-refractivity contribution is 5.67. The summed E-state index contributed by atoms with van der Waals surface area (Å²) in [6, 6.07) is 26.7. The Morgan fingerprint density at radius 3 is 2.21 bits per heavy atom. The molecule has 4 rings (SSSR count). The summed E-state index contributed by atoms with van der Waals surface area (Å²) in [5.41, 5.74) is 4.28. The monoisotopic (exact) mass is 383 g/mol. The third kappa shape index (κ3) is 4.21. The third-order valence-corrected chi connectivity index (χ3v) is 4.83. The average Bonchev–Trinajstić information content (AvgIpc) is 3.20. The van der Waals surface area contributed by atoms with E-state index in [1.165, 1.54) is 5.56 Å². The summed E-state index contributed by atoms with van der Waals surface area (Å²) < 4.78 is 7.91. The largest absolute Gasteiger partial charge is 0.494 e. The number of unbranched alkanes of at least 4 members (excludes halogenated alkanes) is 1. The smallest absolute Gasteiger partial charge is 0.168 e. The number of hydrogen-bond acceptors (Lipinski definition) is 3. The van der Waals surface area contributed by atoms with Crippen molar-refractivity contribution in [3.8, 4) is 34.2 Å². The molecule has 0 unspecified atom stereocenters. The number of rotatable bonds is 7. The Labute approximate surface area is 171 Å². The van der Waals surface area contributed by atoms with Crippen molar-refractivity contribution in [2.75, 3.05) is 6.61 Å². The van der Waals surface area contributed by atoms with E-state index in [1.807, 2.05) is 42.5 Å². The van der Waals surface area contributed by atoms with Gasteiger partial charge in [-0.3, -0.25) is 4.57 Å². The molecule has 1 heterocycles. The molecule has 4 heteroatoms. The molecule has 0 aliphatic heterocycles. The lowest BCUT2D eigenvalue weighted by molar-refractivity contribution is 0.309. The maximum atomic E-state index is 5.80. The van der Waals surface area contributed by atoms with E-state index in [1.54, 1.807) is 0 Å². The Kier molecular flexibility index (Phi) is 5.71. The molecule has 4 aromatic rings. The van der Waals surface area contributed by atoms with Crippen LogP contribution in [0.1, 0.15) is 25.3 Å². The maximum Gasteiger partial charge on any atom is 0.168 e. The average molecular weight is 383 g/mol. The number of aromatic nitrogens is 3. The maximum absolute atomic E-state index is 5.80. The van der Waals surface area contributed by atoms with E-state index in [0.717, 1.165) is 53.7 Å². The van der Waals surface area contributed by atoms with Crippen LogP contribution in [-0.2, 0) is 0 Å². The number of hydrogen-bond donors (Lipinski definition) is 0. The van der Waals surface area contributed by atoms with Crippen molar-refractivity contribution in [1.29, 1.82) is 0 Å². The van der Waals surface area contributed by atoms with E-state index in [9.17, 15) is 0 Å². The second kappa shape index (κ2) is 8.74. The molecule has 3 aromatic carbocycles. The van der Waals surface area contributed by atoms with Crippen LogP contribution in [0.15, 0.2) is 78.9 Å². The standard InChI is InChI=1S/C25H25N3O/c1-3-4-17-29-23-15-13-20(14-16-23)24-26-27-25(21-10-8-9-19(2)18-21)28(24)22-11-6-5-7-12-22/h5-16,18H,3-4,17H2,1-2H3. The summed E-state index contributed by atoms with van der Waals surface area (Å²) in [7, 11) is 0. The van der Waals surface area contributed by atoms with Gasteiger partial charge in [0, 0.05) is 16.8 Å². The number of para-hydroxylation sites is 1. The van der Waals surface area contributed by atoms with Gasteiger partial charge in [-0.1, -0.05) is 55.3 Å². The van der Waals surface area contributed by atoms with Crippen molar-refractivity contribution in [2.24, 2.45) is 0 Å². The van der Waals surface area contributed by atoms with Crippen molar-refractivity contribution < 1.29 is 4.74 Å². The number of aryl methyl sites for hydroxylation is 1. The van der Waals surface area contributed by atoms with Gasteiger partial charge in [-0.25, -0.2) is 0 Å². The summed E-state index contributed by atoms with van der Waals surface area (Å²) in [6.45, 7) is 4.99. The van der Waals surface area contributed by atoms with Crippen LogP contribution in [-0.4, -0.2) is 21.4 Å². The summed E-state index contributed by atoms with van der Waals surface area (Å²) in [6.07, 6.45) is 2.18. The van der Waals surface area contributed by atoms with Gasteiger partial charge in [0.25, 0.3) is 0 Å². The fourth-order valence-electron chi connectivity index (χ4n) is 3.30. The highest BCUT2D eigenvalue weighted by atomic mass is 16.5. The molecule has 0 fully saturated rings. The van der Waals surface area contributed by atoms with E-state index in [4.69, 9.17) is 4.74 Å². The Morgan fingerprint density at radius 2 is 1.52 bits per heavy atom. The fourth-order valence-corrected chi connectivity index (χ4v) is 3.30. The highest BCUT2D eigenvalue weighted by Crippen LogP contribution is 2.29. The van der Waals surface area contributed by atoms with Gasteiger partial charge in [-0.2, -0.15) is 0 Å². The van der Waals surface area contributed by atoms with Crippen LogP contribution in [0.5, 0.6) is 5.75 Å². The van der Waals surface area contributed by atoms with E-state index >= 15 is 0 Å². The summed E-state index contributed by atoms with van der Waals surface area (Å²) in [4.78, 5) is 0. The predicted octanol–water partition coefficient (Wildman–Crippen LogP) is 6.09. The Hall–Kier alpha value is -3.40. The molecule has 0 aliphatic carbocycles. The molecule has 0 aliphatic rings. The van der Waals surface area contributed by atoms with Crippen molar-refractivity contribution >= 4 is 0 Å². The lowest BCUT2D eigenvalue weighted by atomic mass is 10.1. The first kappa shape index (κ1) is 18.9. The normalized spacial score (nSPS) is 10.8. The van der Waals surface area contributed by atoms with E-state index < -0.39 is 0 Å². The SMILES string of the molecule is CCCCOc1ccc(-c2nnc(-c3cccc(C)c3)n2-c2ccccc2)cc1. The van der Waals surface area contributed by atoms with Crippen molar-refractivity contribution in [3.63, 3.8) is 0 Å². The first-order chi connectivity index (χ1) is 14.3. The zero-order valence-electron chi connectivity index (χ0n) is 16.9. The first-order valence-corrected chi connectivity index (χ1v) is 10.1. The highest BCUT2D eigenvalue weighted by Gasteiger charge is 2.17. The van der Waals surface area contributed by atoms with Gasteiger partial charge >= 0.3 is 0 Å². The summed E-state index contributed by atoms with van der Waals surface area (Å²) >= 11 is 0.